The van der Waals surface area contributed by atoms with Crippen LogP contribution in [0, 0.1) is 0 Å². The third-order valence-corrected chi connectivity index (χ3v) is 4.76. The topological polar surface area (TPSA) is 33.1 Å². The molecule has 18 heavy (non-hydrogen) atoms. The van der Waals surface area contributed by atoms with Crippen LogP contribution in [-0.4, -0.2) is 39.9 Å². The van der Waals surface area contributed by atoms with Crippen LogP contribution >= 0.6 is 15.9 Å². The van der Waals surface area contributed by atoms with Crippen LogP contribution < -0.4 is 5.32 Å². The van der Waals surface area contributed by atoms with Gasteiger partial charge in [0, 0.05) is 38.8 Å². The zero-order valence-electron chi connectivity index (χ0n) is 11.7. The fraction of sp³-hybridized carbons (Fsp3) is 0.769. The van der Waals surface area contributed by atoms with Crippen molar-refractivity contribution in [1.29, 1.82) is 0 Å². The molecule has 0 bridgehead atoms. The summed E-state index contributed by atoms with van der Waals surface area (Å²) in [7, 11) is 2.04. The molecule has 0 saturated carbocycles. The standard InChI is InChI=1S/C13H23BrN4/c1-5-11-13(14)12(17(4)16-11)8-18-9(2)6-15-7-10(18)3/h9-10,15H,5-8H2,1-4H3. The molecular weight excluding hydrogens is 292 g/mol. The maximum Gasteiger partial charge on any atom is 0.0767 e. The van der Waals surface area contributed by atoms with E-state index in [1.807, 2.05) is 11.7 Å². The van der Waals surface area contributed by atoms with Crippen molar-refractivity contribution in [1.82, 2.24) is 20.0 Å². The summed E-state index contributed by atoms with van der Waals surface area (Å²) in [5.74, 6) is 0. The number of piperazine rings is 1. The van der Waals surface area contributed by atoms with Crippen molar-refractivity contribution in [2.45, 2.75) is 45.8 Å². The molecule has 1 aliphatic rings. The molecular formula is C13H23BrN4. The highest BCUT2D eigenvalue weighted by Crippen LogP contribution is 2.24. The smallest absolute Gasteiger partial charge is 0.0767 e. The van der Waals surface area contributed by atoms with Gasteiger partial charge in [0.1, 0.15) is 0 Å². The summed E-state index contributed by atoms with van der Waals surface area (Å²) in [5, 5.41) is 8.04. The van der Waals surface area contributed by atoms with Crippen LogP contribution in [-0.2, 0) is 20.0 Å². The van der Waals surface area contributed by atoms with Gasteiger partial charge in [-0.05, 0) is 36.2 Å². The summed E-state index contributed by atoms with van der Waals surface area (Å²) in [5.41, 5.74) is 2.44. The number of hydrogen-bond acceptors (Lipinski definition) is 3. The second-order valence-corrected chi connectivity index (χ2v) is 6.01. The summed E-state index contributed by atoms with van der Waals surface area (Å²) < 4.78 is 3.20. The lowest BCUT2D eigenvalue weighted by atomic mass is 10.1. The van der Waals surface area contributed by atoms with Gasteiger partial charge in [0.05, 0.1) is 15.9 Å². The Bertz CT molecular complexity index is 405. The Morgan fingerprint density at radius 1 is 1.33 bits per heavy atom. The van der Waals surface area contributed by atoms with Crippen LogP contribution in [0.1, 0.15) is 32.2 Å². The van der Waals surface area contributed by atoms with E-state index in [1.165, 1.54) is 10.2 Å². The van der Waals surface area contributed by atoms with Crippen molar-refractivity contribution in [3.8, 4) is 0 Å². The molecule has 2 heterocycles. The van der Waals surface area contributed by atoms with E-state index in [-0.39, 0.29) is 0 Å². The quantitative estimate of drug-likeness (QED) is 0.925. The van der Waals surface area contributed by atoms with Gasteiger partial charge in [0.15, 0.2) is 0 Å². The molecule has 0 aliphatic carbocycles. The molecule has 1 aliphatic heterocycles. The zero-order chi connectivity index (χ0) is 13.3. The minimum absolute atomic E-state index is 0.570. The predicted octanol–water partition coefficient (Wildman–Crippen LogP) is 1.93. The summed E-state index contributed by atoms with van der Waals surface area (Å²) in [6, 6.07) is 1.14. The Kier molecular flexibility index (Phi) is 4.45. The Morgan fingerprint density at radius 2 is 1.94 bits per heavy atom. The van der Waals surface area contributed by atoms with E-state index in [2.05, 4.69) is 52.0 Å². The molecule has 2 unspecified atom stereocenters. The zero-order valence-corrected chi connectivity index (χ0v) is 13.3. The molecule has 1 N–H and O–H groups in total. The molecule has 0 aromatic carbocycles. The average Bonchev–Trinajstić information content (AvgIpc) is 2.60. The molecule has 0 radical (unpaired) electrons. The first-order valence-electron chi connectivity index (χ1n) is 6.71. The first-order valence-corrected chi connectivity index (χ1v) is 7.50. The van der Waals surface area contributed by atoms with Crippen molar-refractivity contribution in [3.63, 3.8) is 0 Å². The maximum atomic E-state index is 4.57. The largest absolute Gasteiger partial charge is 0.314 e. The molecule has 1 aromatic heterocycles. The maximum absolute atomic E-state index is 4.57. The summed E-state index contributed by atoms with van der Waals surface area (Å²) >= 11 is 3.70. The van der Waals surface area contributed by atoms with Crippen molar-refractivity contribution in [2.24, 2.45) is 7.05 Å². The van der Waals surface area contributed by atoms with Crippen LogP contribution in [0.2, 0.25) is 0 Å². The minimum atomic E-state index is 0.570. The number of aromatic nitrogens is 2. The lowest BCUT2D eigenvalue weighted by Gasteiger charge is -2.39. The Hall–Kier alpha value is -0.390. The highest BCUT2D eigenvalue weighted by atomic mass is 79.9. The fourth-order valence-electron chi connectivity index (χ4n) is 2.65. The molecule has 0 spiro atoms. The van der Waals surface area contributed by atoms with E-state index in [1.54, 1.807) is 0 Å². The molecule has 102 valence electrons. The second-order valence-electron chi connectivity index (χ2n) is 5.21. The van der Waals surface area contributed by atoms with Crippen molar-refractivity contribution < 1.29 is 0 Å². The lowest BCUT2D eigenvalue weighted by Crippen LogP contribution is -2.54. The molecule has 1 fully saturated rings. The van der Waals surface area contributed by atoms with E-state index in [0.717, 1.165) is 31.7 Å². The fourth-order valence-corrected chi connectivity index (χ4v) is 3.39. The first-order chi connectivity index (χ1) is 8.54. The van der Waals surface area contributed by atoms with Gasteiger partial charge in [0.2, 0.25) is 0 Å². The van der Waals surface area contributed by atoms with Gasteiger partial charge in [-0.2, -0.15) is 5.10 Å². The van der Waals surface area contributed by atoms with Gasteiger partial charge in [-0.3, -0.25) is 9.58 Å². The first kappa shape index (κ1) is 14.0. The number of aryl methyl sites for hydroxylation is 2. The van der Waals surface area contributed by atoms with Gasteiger partial charge < -0.3 is 5.32 Å². The van der Waals surface area contributed by atoms with Crippen LogP contribution in [0.5, 0.6) is 0 Å². The van der Waals surface area contributed by atoms with Gasteiger partial charge in [0.25, 0.3) is 0 Å². The minimum Gasteiger partial charge on any atom is -0.314 e. The van der Waals surface area contributed by atoms with Crippen molar-refractivity contribution in [2.75, 3.05) is 13.1 Å². The lowest BCUT2D eigenvalue weighted by molar-refractivity contribution is 0.105. The van der Waals surface area contributed by atoms with Gasteiger partial charge >= 0.3 is 0 Å². The van der Waals surface area contributed by atoms with E-state index in [9.17, 15) is 0 Å². The molecule has 5 heteroatoms. The molecule has 1 saturated heterocycles. The normalized spacial score (nSPS) is 25.6. The van der Waals surface area contributed by atoms with E-state index in [4.69, 9.17) is 0 Å². The molecule has 2 rings (SSSR count). The molecule has 2 atom stereocenters. The van der Waals surface area contributed by atoms with Crippen molar-refractivity contribution in [3.05, 3.63) is 15.9 Å². The van der Waals surface area contributed by atoms with Gasteiger partial charge in [-0.1, -0.05) is 6.92 Å². The number of rotatable bonds is 3. The Morgan fingerprint density at radius 3 is 2.44 bits per heavy atom. The second kappa shape index (κ2) is 5.72. The van der Waals surface area contributed by atoms with Gasteiger partial charge in [-0.15, -0.1) is 0 Å². The van der Waals surface area contributed by atoms with E-state index in [0.29, 0.717) is 12.1 Å². The van der Waals surface area contributed by atoms with Crippen molar-refractivity contribution >= 4 is 15.9 Å². The van der Waals surface area contributed by atoms with E-state index < -0.39 is 0 Å². The van der Waals surface area contributed by atoms with Crippen LogP contribution in [0.4, 0.5) is 0 Å². The van der Waals surface area contributed by atoms with E-state index >= 15 is 0 Å². The monoisotopic (exact) mass is 314 g/mol. The van der Waals surface area contributed by atoms with Gasteiger partial charge in [-0.25, -0.2) is 0 Å². The molecule has 4 nitrogen and oxygen atoms in total. The van der Waals surface area contributed by atoms with Crippen LogP contribution in [0.3, 0.4) is 0 Å². The number of halogens is 1. The molecule has 0 amide bonds. The number of nitrogens with one attached hydrogen (secondary N) is 1. The van der Waals surface area contributed by atoms with Crippen LogP contribution in [0.15, 0.2) is 4.47 Å². The number of hydrogen-bond donors (Lipinski definition) is 1. The molecule has 1 aromatic rings. The third kappa shape index (κ3) is 2.63. The average molecular weight is 315 g/mol. The SMILES string of the molecule is CCc1nn(C)c(CN2C(C)CNCC2C)c1Br. The highest BCUT2D eigenvalue weighted by molar-refractivity contribution is 9.10. The number of nitrogens with zero attached hydrogens (tertiary/aromatic N) is 3. The summed E-state index contributed by atoms with van der Waals surface area (Å²) in [6.07, 6.45) is 0.973. The van der Waals surface area contributed by atoms with Crippen LogP contribution in [0.25, 0.3) is 0 Å². The Labute approximate surface area is 118 Å². The third-order valence-electron chi connectivity index (χ3n) is 3.85. The summed E-state index contributed by atoms with van der Waals surface area (Å²) in [6.45, 7) is 9.82. The summed E-state index contributed by atoms with van der Waals surface area (Å²) in [4.78, 5) is 2.55. The Balaban J connectivity index is 2.20. The highest BCUT2D eigenvalue weighted by Gasteiger charge is 2.26. The predicted molar refractivity (Wildman–Crippen MR) is 77.6 cm³/mol.